The lowest BCUT2D eigenvalue weighted by Gasteiger charge is -2.15. The second kappa shape index (κ2) is 9.95. The molecule has 0 aromatic heterocycles. The fourth-order valence-corrected chi connectivity index (χ4v) is 1.75. The van der Waals surface area contributed by atoms with Gasteiger partial charge < -0.3 is 4.79 Å². The number of hydrogen-bond acceptors (Lipinski definition) is 1. The zero-order chi connectivity index (χ0) is 11.5. The van der Waals surface area contributed by atoms with Crippen LogP contribution in [0.4, 0.5) is 0 Å². The van der Waals surface area contributed by atoms with E-state index < -0.39 is 0 Å². The van der Waals surface area contributed by atoms with Crippen LogP contribution >= 0.6 is 0 Å². The van der Waals surface area contributed by atoms with Crippen LogP contribution < -0.4 is 0 Å². The zero-order valence-electron chi connectivity index (χ0n) is 10.5. The van der Waals surface area contributed by atoms with Crippen molar-refractivity contribution in [2.45, 2.75) is 59.3 Å². The molecular formula is C14H26O. The predicted molar refractivity (Wildman–Crippen MR) is 66.9 cm³/mol. The Morgan fingerprint density at radius 3 is 2.40 bits per heavy atom. The summed E-state index contributed by atoms with van der Waals surface area (Å²) in [6.07, 6.45) is 12.9. The molecule has 0 radical (unpaired) electrons. The molecule has 88 valence electrons. The molecule has 0 unspecified atom stereocenters. The SMILES string of the molecule is CC/C=C/[C@@H](CCCCCC)[C@H](C)C=O. The van der Waals surface area contributed by atoms with Crippen molar-refractivity contribution >= 4 is 6.29 Å². The molecule has 0 fully saturated rings. The maximum absolute atomic E-state index is 10.8. The molecule has 1 heteroatoms. The number of aldehydes is 1. The molecule has 0 aliphatic carbocycles. The van der Waals surface area contributed by atoms with E-state index in [1.54, 1.807) is 0 Å². The van der Waals surface area contributed by atoms with Crippen LogP contribution in [-0.4, -0.2) is 6.29 Å². The molecule has 0 rings (SSSR count). The van der Waals surface area contributed by atoms with Gasteiger partial charge in [0, 0.05) is 5.92 Å². The van der Waals surface area contributed by atoms with Crippen LogP contribution in [0.2, 0.25) is 0 Å². The van der Waals surface area contributed by atoms with Crippen molar-refractivity contribution in [1.82, 2.24) is 0 Å². The molecule has 0 bridgehead atoms. The molecule has 0 aromatic carbocycles. The van der Waals surface area contributed by atoms with Crippen LogP contribution in [0.25, 0.3) is 0 Å². The summed E-state index contributed by atoms with van der Waals surface area (Å²) in [7, 11) is 0. The van der Waals surface area contributed by atoms with E-state index in [4.69, 9.17) is 0 Å². The molecule has 15 heavy (non-hydrogen) atoms. The van der Waals surface area contributed by atoms with Crippen molar-refractivity contribution in [2.24, 2.45) is 11.8 Å². The molecule has 1 nitrogen and oxygen atoms in total. The second-order valence-corrected chi connectivity index (χ2v) is 4.34. The van der Waals surface area contributed by atoms with E-state index >= 15 is 0 Å². The zero-order valence-corrected chi connectivity index (χ0v) is 10.5. The summed E-state index contributed by atoms with van der Waals surface area (Å²) in [5.74, 6) is 0.633. The van der Waals surface area contributed by atoms with Gasteiger partial charge in [0.05, 0.1) is 0 Å². The van der Waals surface area contributed by atoms with E-state index in [9.17, 15) is 4.79 Å². The highest BCUT2D eigenvalue weighted by Crippen LogP contribution is 2.19. The third kappa shape index (κ3) is 7.35. The first-order chi connectivity index (χ1) is 7.26. The minimum Gasteiger partial charge on any atom is -0.303 e. The quantitative estimate of drug-likeness (QED) is 0.314. The Morgan fingerprint density at radius 2 is 1.87 bits per heavy atom. The molecule has 0 saturated heterocycles. The van der Waals surface area contributed by atoms with Gasteiger partial charge in [0.2, 0.25) is 0 Å². The van der Waals surface area contributed by atoms with Gasteiger partial charge in [-0.05, 0) is 18.8 Å². The Bertz CT molecular complexity index is 172. The number of carbonyl (C=O) groups is 1. The van der Waals surface area contributed by atoms with Gasteiger partial charge in [-0.15, -0.1) is 0 Å². The van der Waals surface area contributed by atoms with Crippen molar-refractivity contribution in [3.63, 3.8) is 0 Å². The van der Waals surface area contributed by atoms with Gasteiger partial charge in [-0.2, -0.15) is 0 Å². The van der Waals surface area contributed by atoms with Crippen LogP contribution in [0.1, 0.15) is 59.3 Å². The van der Waals surface area contributed by atoms with Crippen LogP contribution in [-0.2, 0) is 4.79 Å². The molecule has 0 heterocycles. The van der Waals surface area contributed by atoms with Crippen molar-refractivity contribution in [3.8, 4) is 0 Å². The standard InChI is InChI=1S/C14H26O/c1-4-6-8-9-11-14(10-7-5-2)13(3)12-15/h7,10,12-14H,4-6,8-9,11H2,1-3H3/b10-7+/t13-,14+/m1/s1. The lowest BCUT2D eigenvalue weighted by Crippen LogP contribution is -2.10. The Kier molecular flexibility index (Phi) is 9.55. The van der Waals surface area contributed by atoms with Crippen LogP contribution in [0, 0.1) is 11.8 Å². The highest BCUT2D eigenvalue weighted by Gasteiger charge is 2.12. The first-order valence-electron chi connectivity index (χ1n) is 6.38. The smallest absolute Gasteiger partial charge is 0.123 e. The van der Waals surface area contributed by atoms with Crippen molar-refractivity contribution in [3.05, 3.63) is 12.2 Å². The third-order valence-corrected chi connectivity index (χ3v) is 2.90. The number of unbranched alkanes of at least 4 members (excludes halogenated alkanes) is 3. The minimum atomic E-state index is 0.175. The number of allylic oxidation sites excluding steroid dienone is 2. The van der Waals surface area contributed by atoms with E-state index in [0.717, 1.165) is 19.1 Å². The summed E-state index contributed by atoms with van der Waals surface area (Å²) in [5, 5.41) is 0. The Balaban J connectivity index is 3.90. The van der Waals surface area contributed by atoms with Crippen LogP contribution in [0.15, 0.2) is 12.2 Å². The fraction of sp³-hybridized carbons (Fsp3) is 0.786. The Hall–Kier alpha value is -0.590. The molecule has 0 aliphatic rings. The Morgan fingerprint density at radius 1 is 1.13 bits per heavy atom. The average molecular weight is 210 g/mol. The van der Waals surface area contributed by atoms with Crippen LogP contribution in [0.5, 0.6) is 0 Å². The molecular weight excluding hydrogens is 184 g/mol. The lowest BCUT2D eigenvalue weighted by molar-refractivity contribution is -0.111. The van der Waals surface area contributed by atoms with Crippen LogP contribution in [0.3, 0.4) is 0 Å². The molecule has 0 spiro atoms. The monoisotopic (exact) mass is 210 g/mol. The van der Waals surface area contributed by atoms with Gasteiger partial charge in [-0.3, -0.25) is 0 Å². The van der Waals surface area contributed by atoms with Gasteiger partial charge in [-0.1, -0.05) is 58.6 Å². The number of hydrogen-bond donors (Lipinski definition) is 0. The Labute approximate surface area is 95.0 Å². The third-order valence-electron chi connectivity index (χ3n) is 2.90. The lowest BCUT2D eigenvalue weighted by atomic mass is 9.89. The van der Waals surface area contributed by atoms with Gasteiger partial charge in [0.25, 0.3) is 0 Å². The van der Waals surface area contributed by atoms with Crippen molar-refractivity contribution in [1.29, 1.82) is 0 Å². The maximum atomic E-state index is 10.8. The molecule has 0 amide bonds. The minimum absolute atomic E-state index is 0.175. The van der Waals surface area contributed by atoms with Crippen molar-refractivity contribution in [2.75, 3.05) is 0 Å². The topological polar surface area (TPSA) is 17.1 Å². The normalized spacial score (nSPS) is 15.4. The van der Waals surface area contributed by atoms with E-state index in [1.165, 1.54) is 25.7 Å². The summed E-state index contributed by atoms with van der Waals surface area (Å²) in [5.41, 5.74) is 0. The largest absolute Gasteiger partial charge is 0.303 e. The highest BCUT2D eigenvalue weighted by molar-refractivity contribution is 5.53. The first kappa shape index (κ1) is 14.4. The summed E-state index contributed by atoms with van der Waals surface area (Å²) in [6.45, 7) is 6.39. The van der Waals surface area contributed by atoms with Gasteiger partial charge in [0.1, 0.15) is 6.29 Å². The number of rotatable bonds is 9. The molecule has 0 N–H and O–H groups in total. The summed E-state index contributed by atoms with van der Waals surface area (Å²) >= 11 is 0. The van der Waals surface area contributed by atoms with Crippen molar-refractivity contribution < 1.29 is 4.79 Å². The van der Waals surface area contributed by atoms with E-state index in [0.29, 0.717) is 5.92 Å². The summed E-state index contributed by atoms with van der Waals surface area (Å²) < 4.78 is 0. The molecule has 0 aliphatic heterocycles. The van der Waals surface area contributed by atoms with E-state index in [2.05, 4.69) is 26.0 Å². The highest BCUT2D eigenvalue weighted by atomic mass is 16.1. The van der Waals surface area contributed by atoms with E-state index in [-0.39, 0.29) is 5.92 Å². The predicted octanol–water partition coefficient (Wildman–Crippen LogP) is 4.37. The first-order valence-corrected chi connectivity index (χ1v) is 6.38. The maximum Gasteiger partial charge on any atom is 0.123 e. The molecule has 0 aromatic rings. The van der Waals surface area contributed by atoms with Gasteiger partial charge in [-0.25, -0.2) is 0 Å². The summed E-state index contributed by atoms with van der Waals surface area (Å²) in [4.78, 5) is 10.8. The number of carbonyl (C=O) groups excluding carboxylic acids is 1. The molecule has 2 atom stereocenters. The fourth-order valence-electron chi connectivity index (χ4n) is 1.75. The molecule has 0 saturated carbocycles. The second-order valence-electron chi connectivity index (χ2n) is 4.34. The average Bonchev–Trinajstić information content (AvgIpc) is 2.27. The summed E-state index contributed by atoms with van der Waals surface area (Å²) in [6, 6.07) is 0. The van der Waals surface area contributed by atoms with E-state index in [1.807, 2.05) is 6.92 Å². The van der Waals surface area contributed by atoms with Gasteiger partial charge in [0.15, 0.2) is 0 Å². The van der Waals surface area contributed by atoms with Gasteiger partial charge >= 0.3 is 0 Å².